The molecule has 2 heterocycles. The summed E-state index contributed by atoms with van der Waals surface area (Å²) in [7, 11) is 0. The number of ether oxygens (including phenoxy) is 2. The maximum atomic E-state index is 11.9. The molecule has 6 heteroatoms. The molecule has 0 radical (unpaired) electrons. The molecule has 1 aromatic heterocycles. The van der Waals surface area contributed by atoms with E-state index in [0.717, 1.165) is 0 Å². The average molecular weight is 295 g/mol. The number of carbonyl (C=O) groups excluding carboxylic acids is 2. The molecule has 0 saturated carbocycles. The predicted octanol–water partition coefficient (Wildman–Crippen LogP) is 2.49. The van der Waals surface area contributed by atoms with Crippen molar-refractivity contribution in [1.82, 2.24) is 4.90 Å². The van der Waals surface area contributed by atoms with Gasteiger partial charge in [-0.1, -0.05) is 0 Å². The molecule has 0 aliphatic carbocycles. The number of ketones is 1. The van der Waals surface area contributed by atoms with E-state index in [1.165, 1.54) is 6.26 Å². The Morgan fingerprint density at radius 1 is 1.43 bits per heavy atom. The molecule has 0 bridgehead atoms. The number of likely N-dealkylation sites (tertiary alicyclic amines) is 1. The third kappa shape index (κ3) is 4.60. The number of hydrogen-bond acceptors (Lipinski definition) is 5. The molecular formula is C15H21NO5. The van der Waals surface area contributed by atoms with Crippen LogP contribution in [0.4, 0.5) is 4.79 Å². The van der Waals surface area contributed by atoms with Gasteiger partial charge in [-0.15, -0.1) is 0 Å². The number of hydrogen-bond donors (Lipinski definition) is 0. The van der Waals surface area contributed by atoms with Gasteiger partial charge >= 0.3 is 6.09 Å². The van der Waals surface area contributed by atoms with E-state index in [2.05, 4.69) is 0 Å². The number of nitrogens with zero attached hydrogens (tertiary/aromatic N) is 1. The van der Waals surface area contributed by atoms with Crippen LogP contribution in [0.5, 0.6) is 0 Å². The van der Waals surface area contributed by atoms with Crippen molar-refractivity contribution in [3.63, 3.8) is 0 Å². The first-order valence-corrected chi connectivity index (χ1v) is 7.01. The number of rotatable bonds is 4. The number of carbonyl (C=O) groups is 2. The molecular weight excluding hydrogens is 274 g/mol. The van der Waals surface area contributed by atoms with Gasteiger partial charge in [0, 0.05) is 6.54 Å². The van der Waals surface area contributed by atoms with E-state index in [0.29, 0.717) is 19.5 Å². The van der Waals surface area contributed by atoms with Crippen molar-refractivity contribution in [2.24, 2.45) is 0 Å². The second kappa shape index (κ2) is 6.30. The Hall–Kier alpha value is -1.82. The quantitative estimate of drug-likeness (QED) is 0.798. The van der Waals surface area contributed by atoms with Crippen LogP contribution in [0, 0.1) is 0 Å². The third-order valence-electron chi connectivity index (χ3n) is 3.04. The summed E-state index contributed by atoms with van der Waals surface area (Å²) in [5.74, 6) is 0.0905. The highest BCUT2D eigenvalue weighted by atomic mass is 16.6. The largest absolute Gasteiger partial charge is 0.461 e. The maximum Gasteiger partial charge on any atom is 0.410 e. The zero-order valence-corrected chi connectivity index (χ0v) is 12.6. The van der Waals surface area contributed by atoms with Gasteiger partial charge in [-0.3, -0.25) is 4.79 Å². The molecule has 0 N–H and O–H groups in total. The Morgan fingerprint density at radius 3 is 2.81 bits per heavy atom. The average Bonchev–Trinajstić information content (AvgIpc) is 3.05. The Labute approximate surface area is 124 Å². The van der Waals surface area contributed by atoms with E-state index in [4.69, 9.17) is 13.9 Å². The summed E-state index contributed by atoms with van der Waals surface area (Å²) in [5, 5.41) is 0. The highest BCUT2D eigenvalue weighted by Gasteiger charge is 2.30. The van der Waals surface area contributed by atoms with Crippen LogP contribution >= 0.6 is 0 Å². The highest BCUT2D eigenvalue weighted by Crippen LogP contribution is 2.17. The number of amides is 1. The summed E-state index contributed by atoms with van der Waals surface area (Å²) in [6.07, 6.45) is 1.67. The molecule has 0 unspecified atom stereocenters. The second-order valence-electron chi connectivity index (χ2n) is 6.05. The molecule has 1 fully saturated rings. The van der Waals surface area contributed by atoms with E-state index in [1.54, 1.807) is 17.0 Å². The minimum absolute atomic E-state index is 0.0413. The van der Waals surface area contributed by atoms with Crippen LogP contribution in [0.25, 0.3) is 0 Å². The molecule has 2 rings (SSSR count). The van der Waals surface area contributed by atoms with Crippen LogP contribution in [0.1, 0.15) is 37.7 Å². The van der Waals surface area contributed by atoms with Crippen molar-refractivity contribution >= 4 is 11.9 Å². The molecule has 1 aliphatic rings. The molecule has 0 aromatic carbocycles. The molecule has 1 saturated heterocycles. The smallest absolute Gasteiger partial charge is 0.410 e. The van der Waals surface area contributed by atoms with Crippen LogP contribution in [0.3, 0.4) is 0 Å². The maximum absolute atomic E-state index is 11.9. The third-order valence-corrected chi connectivity index (χ3v) is 3.04. The normalized spacial score (nSPS) is 18.8. The lowest BCUT2D eigenvalue weighted by Crippen LogP contribution is -2.36. The minimum atomic E-state index is -0.509. The fraction of sp³-hybridized carbons (Fsp3) is 0.600. The Morgan fingerprint density at radius 2 is 2.19 bits per heavy atom. The molecule has 1 aromatic rings. The summed E-state index contributed by atoms with van der Waals surface area (Å²) >= 11 is 0. The van der Waals surface area contributed by atoms with Crippen LogP contribution in [0.15, 0.2) is 22.8 Å². The van der Waals surface area contributed by atoms with E-state index < -0.39 is 5.60 Å². The fourth-order valence-electron chi connectivity index (χ4n) is 2.06. The summed E-state index contributed by atoms with van der Waals surface area (Å²) in [5.41, 5.74) is -0.509. The molecule has 0 spiro atoms. The molecule has 116 valence electrons. The van der Waals surface area contributed by atoms with Crippen molar-refractivity contribution in [2.75, 3.05) is 19.7 Å². The first-order valence-electron chi connectivity index (χ1n) is 7.01. The summed E-state index contributed by atoms with van der Waals surface area (Å²) in [6, 6.07) is 3.26. The standard InChI is InChI=1S/C15H21NO5/c1-15(2,3)21-14(18)16-7-6-11(9-16)20-10-12(17)13-5-4-8-19-13/h4-5,8,11H,6-7,9-10H2,1-3H3/t11-/m1/s1. The van der Waals surface area contributed by atoms with E-state index in [-0.39, 0.29) is 30.3 Å². The van der Waals surface area contributed by atoms with Gasteiger partial charge in [-0.05, 0) is 39.3 Å². The van der Waals surface area contributed by atoms with Crippen molar-refractivity contribution in [3.05, 3.63) is 24.2 Å². The summed E-state index contributed by atoms with van der Waals surface area (Å²) in [4.78, 5) is 25.2. The van der Waals surface area contributed by atoms with Gasteiger partial charge in [0.1, 0.15) is 12.2 Å². The van der Waals surface area contributed by atoms with Gasteiger partial charge in [0.25, 0.3) is 0 Å². The van der Waals surface area contributed by atoms with Gasteiger partial charge in [0.05, 0.1) is 18.9 Å². The Balaban J connectivity index is 1.75. The van der Waals surface area contributed by atoms with Crippen molar-refractivity contribution < 1.29 is 23.5 Å². The summed E-state index contributed by atoms with van der Waals surface area (Å²) in [6.45, 7) is 6.47. The number of Topliss-reactive ketones (excluding diaryl/α,β-unsaturated/α-hetero) is 1. The van der Waals surface area contributed by atoms with E-state index >= 15 is 0 Å². The van der Waals surface area contributed by atoms with Gasteiger partial charge < -0.3 is 18.8 Å². The van der Waals surface area contributed by atoms with Gasteiger partial charge in [0.2, 0.25) is 5.78 Å². The molecule has 1 atom stereocenters. The Bertz CT molecular complexity index is 489. The second-order valence-corrected chi connectivity index (χ2v) is 6.05. The predicted molar refractivity (Wildman–Crippen MR) is 75.2 cm³/mol. The van der Waals surface area contributed by atoms with Crippen molar-refractivity contribution in [1.29, 1.82) is 0 Å². The monoisotopic (exact) mass is 295 g/mol. The van der Waals surface area contributed by atoms with Gasteiger partial charge in [-0.25, -0.2) is 4.79 Å². The molecule has 6 nitrogen and oxygen atoms in total. The van der Waals surface area contributed by atoms with Crippen LogP contribution in [0.2, 0.25) is 0 Å². The Kier molecular flexibility index (Phi) is 4.67. The van der Waals surface area contributed by atoms with Gasteiger partial charge in [-0.2, -0.15) is 0 Å². The first-order chi connectivity index (χ1) is 9.85. The highest BCUT2D eigenvalue weighted by molar-refractivity contribution is 5.94. The lowest BCUT2D eigenvalue weighted by molar-refractivity contribution is 0.0215. The van der Waals surface area contributed by atoms with Crippen LogP contribution < -0.4 is 0 Å². The molecule has 21 heavy (non-hydrogen) atoms. The van der Waals surface area contributed by atoms with Crippen LogP contribution in [-0.4, -0.2) is 48.2 Å². The van der Waals surface area contributed by atoms with Crippen molar-refractivity contribution in [2.45, 2.75) is 38.9 Å². The lowest BCUT2D eigenvalue weighted by Gasteiger charge is -2.24. The minimum Gasteiger partial charge on any atom is -0.461 e. The topological polar surface area (TPSA) is 69.0 Å². The lowest BCUT2D eigenvalue weighted by atomic mass is 10.2. The molecule has 1 amide bonds. The van der Waals surface area contributed by atoms with E-state index in [9.17, 15) is 9.59 Å². The van der Waals surface area contributed by atoms with Crippen LogP contribution in [-0.2, 0) is 9.47 Å². The summed E-state index contributed by atoms with van der Waals surface area (Å²) < 4.78 is 15.9. The van der Waals surface area contributed by atoms with Crippen molar-refractivity contribution in [3.8, 4) is 0 Å². The fourth-order valence-corrected chi connectivity index (χ4v) is 2.06. The van der Waals surface area contributed by atoms with Gasteiger partial charge in [0.15, 0.2) is 5.76 Å². The zero-order chi connectivity index (χ0) is 15.5. The first kappa shape index (κ1) is 15.6. The molecule has 1 aliphatic heterocycles. The SMILES string of the molecule is CC(C)(C)OC(=O)N1CC[C@@H](OCC(=O)c2ccco2)C1. The zero-order valence-electron chi connectivity index (χ0n) is 12.6. The van der Waals surface area contributed by atoms with E-state index in [1.807, 2.05) is 20.8 Å². The number of furan rings is 1.